The first-order chi connectivity index (χ1) is 12.4. The van der Waals surface area contributed by atoms with E-state index in [1.807, 2.05) is 44.2 Å². The lowest BCUT2D eigenvalue weighted by molar-refractivity contribution is -0.136. The molecule has 1 aromatic carbocycles. The van der Waals surface area contributed by atoms with Crippen LogP contribution in [-0.4, -0.2) is 65.2 Å². The fourth-order valence-electron chi connectivity index (χ4n) is 2.72. The first-order valence-corrected chi connectivity index (χ1v) is 8.62. The molecule has 1 atom stereocenters. The Kier molecular flexibility index (Phi) is 6.82. The molecule has 3 amide bonds. The second-order valence-electron chi connectivity index (χ2n) is 6.52. The van der Waals surface area contributed by atoms with Crippen LogP contribution in [0, 0.1) is 5.92 Å². The van der Waals surface area contributed by atoms with E-state index in [0.29, 0.717) is 13.1 Å². The predicted molar refractivity (Wildman–Crippen MR) is 94.6 cm³/mol. The molecule has 0 unspecified atom stereocenters. The van der Waals surface area contributed by atoms with Crippen molar-refractivity contribution < 1.29 is 24.2 Å². The molecule has 1 saturated heterocycles. The lowest BCUT2D eigenvalue weighted by atomic mass is 10.0. The number of rotatable bonds is 5. The van der Waals surface area contributed by atoms with Gasteiger partial charge in [0.2, 0.25) is 5.91 Å². The normalized spacial score (nSPS) is 15.5. The smallest absolute Gasteiger partial charge is 0.408 e. The molecule has 0 aliphatic carbocycles. The Labute approximate surface area is 152 Å². The topological polar surface area (TPSA) is 99.2 Å². The fraction of sp³-hybridized carbons (Fsp3) is 0.500. The van der Waals surface area contributed by atoms with Crippen LogP contribution in [0.1, 0.15) is 19.4 Å². The molecule has 0 radical (unpaired) electrons. The van der Waals surface area contributed by atoms with Crippen LogP contribution in [0.5, 0.6) is 0 Å². The van der Waals surface area contributed by atoms with Crippen molar-refractivity contribution in [2.45, 2.75) is 26.5 Å². The molecule has 0 saturated carbocycles. The minimum absolute atomic E-state index is 0.121. The third-order valence-corrected chi connectivity index (χ3v) is 4.28. The van der Waals surface area contributed by atoms with Crippen molar-refractivity contribution in [2.75, 3.05) is 26.2 Å². The molecule has 1 aromatic rings. The average Bonchev–Trinajstić information content (AvgIpc) is 2.64. The number of nitrogens with zero attached hydrogens (tertiary/aromatic N) is 2. The molecule has 0 bridgehead atoms. The summed E-state index contributed by atoms with van der Waals surface area (Å²) >= 11 is 0. The highest BCUT2D eigenvalue weighted by atomic mass is 16.5. The summed E-state index contributed by atoms with van der Waals surface area (Å²) in [6.07, 6.45) is -1.63. The minimum Gasteiger partial charge on any atom is -0.465 e. The van der Waals surface area contributed by atoms with Crippen LogP contribution in [0.25, 0.3) is 0 Å². The van der Waals surface area contributed by atoms with Crippen LogP contribution in [0.4, 0.5) is 9.59 Å². The summed E-state index contributed by atoms with van der Waals surface area (Å²) in [5.74, 6) is -0.342. The number of carbonyl (C=O) groups excluding carboxylic acids is 2. The quantitative estimate of drug-likeness (QED) is 0.830. The molecule has 0 spiro atoms. The number of hydrogen-bond acceptors (Lipinski definition) is 4. The van der Waals surface area contributed by atoms with Gasteiger partial charge in [0.25, 0.3) is 0 Å². The zero-order chi connectivity index (χ0) is 19.1. The van der Waals surface area contributed by atoms with Crippen molar-refractivity contribution in [3.63, 3.8) is 0 Å². The number of benzene rings is 1. The summed E-state index contributed by atoms with van der Waals surface area (Å²) < 4.78 is 5.19. The van der Waals surface area contributed by atoms with E-state index in [0.717, 1.165) is 5.56 Å². The minimum atomic E-state index is -0.986. The van der Waals surface area contributed by atoms with Gasteiger partial charge in [-0.3, -0.25) is 4.79 Å². The van der Waals surface area contributed by atoms with Gasteiger partial charge in [-0.25, -0.2) is 9.59 Å². The Bertz CT molecular complexity index is 627. The summed E-state index contributed by atoms with van der Waals surface area (Å²) in [7, 11) is 0. The zero-order valence-electron chi connectivity index (χ0n) is 15.1. The SMILES string of the molecule is CC(C)[C@H](NC(=O)OCc1ccccc1)C(=O)N1CCN(C(=O)O)CC1. The molecule has 1 aliphatic heterocycles. The summed E-state index contributed by atoms with van der Waals surface area (Å²) in [5.41, 5.74) is 0.861. The maximum absolute atomic E-state index is 12.7. The van der Waals surface area contributed by atoms with Gasteiger partial charge in [-0.1, -0.05) is 44.2 Å². The number of ether oxygens (including phenoxy) is 1. The van der Waals surface area contributed by atoms with Gasteiger partial charge < -0.3 is 25.0 Å². The van der Waals surface area contributed by atoms with Crippen molar-refractivity contribution in [2.24, 2.45) is 5.92 Å². The molecule has 142 valence electrons. The van der Waals surface area contributed by atoms with E-state index in [-0.39, 0.29) is 31.5 Å². The van der Waals surface area contributed by atoms with Gasteiger partial charge in [0.1, 0.15) is 12.6 Å². The van der Waals surface area contributed by atoms with E-state index < -0.39 is 18.2 Å². The lowest BCUT2D eigenvalue weighted by Gasteiger charge is -2.36. The van der Waals surface area contributed by atoms with Crippen LogP contribution < -0.4 is 5.32 Å². The second-order valence-corrected chi connectivity index (χ2v) is 6.52. The van der Waals surface area contributed by atoms with E-state index in [1.165, 1.54) is 4.90 Å². The van der Waals surface area contributed by atoms with Crippen LogP contribution in [0.3, 0.4) is 0 Å². The number of carbonyl (C=O) groups is 3. The number of piperazine rings is 1. The van der Waals surface area contributed by atoms with Gasteiger partial charge in [0, 0.05) is 26.2 Å². The lowest BCUT2D eigenvalue weighted by Crippen LogP contribution is -2.57. The van der Waals surface area contributed by atoms with Gasteiger partial charge in [0.05, 0.1) is 0 Å². The Morgan fingerprint density at radius 2 is 1.65 bits per heavy atom. The van der Waals surface area contributed by atoms with Gasteiger partial charge in [-0.15, -0.1) is 0 Å². The highest BCUT2D eigenvalue weighted by Gasteiger charge is 2.31. The monoisotopic (exact) mass is 363 g/mol. The maximum atomic E-state index is 12.7. The van der Waals surface area contributed by atoms with E-state index in [2.05, 4.69) is 5.32 Å². The Balaban J connectivity index is 1.88. The molecule has 2 N–H and O–H groups in total. The standard InChI is InChI=1S/C18H25N3O5/c1-13(2)15(16(22)20-8-10-21(11-9-20)18(24)25)19-17(23)26-12-14-6-4-3-5-7-14/h3-7,13,15H,8-12H2,1-2H3,(H,19,23)(H,24,25)/t15-/m0/s1. The molecule has 2 rings (SSSR count). The molecule has 1 fully saturated rings. The first-order valence-electron chi connectivity index (χ1n) is 8.62. The van der Waals surface area contributed by atoms with Crippen molar-refractivity contribution in [1.82, 2.24) is 15.1 Å². The fourth-order valence-corrected chi connectivity index (χ4v) is 2.72. The van der Waals surface area contributed by atoms with E-state index >= 15 is 0 Å². The number of nitrogens with one attached hydrogen (secondary N) is 1. The van der Waals surface area contributed by atoms with E-state index in [9.17, 15) is 14.4 Å². The maximum Gasteiger partial charge on any atom is 0.408 e. The zero-order valence-corrected chi connectivity index (χ0v) is 15.1. The van der Waals surface area contributed by atoms with E-state index in [1.54, 1.807) is 4.90 Å². The summed E-state index contributed by atoms with van der Waals surface area (Å²) in [6, 6.07) is 8.57. The molecule has 1 aliphatic rings. The number of alkyl carbamates (subject to hydrolysis) is 1. The summed E-state index contributed by atoms with van der Waals surface area (Å²) in [6.45, 7) is 4.98. The molecular formula is C18H25N3O5. The highest BCUT2D eigenvalue weighted by Crippen LogP contribution is 2.11. The number of amides is 3. The van der Waals surface area contributed by atoms with Gasteiger partial charge in [-0.2, -0.15) is 0 Å². The Morgan fingerprint density at radius 3 is 2.19 bits per heavy atom. The van der Waals surface area contributed by atoms with Gasteiger partial charge in [0.15, 0.2) is 0 Å². The van der Waals surface area contributed by atoms with Gasteiger partial charge in [-0.05, 0) is 11.5 Å². The summed E-state index contributed by atoms with van der Waals surface area (Å²) in [5, 5.41) is 11.6. The number of carboxylic acid groups (broad SMARTS) is 1. The van der Waals surface area contributed by atoms with Gasteiger partial charge >= 0.3 is 12.2 Å². The molecule has 1 heterocycles. The molecule has 26 heavy (non-hydrogen) atoms. The van der Waals surface area contributed by atoms with Crippen LogP contribution in [0.2, 0.25) is 0 Å². The van der Waals surface area contributed by atoms with Crippen LogP contribution >= 0.6 is 0 Å². The van der Waals surface area contributed by atoms with Crippen LogP contribution in [-0.2, 0) is 16.1 Å². The largest absolute Gasteiger partial charge is 0.465 e. The van der Waals surface area contributed by atoms with Crippen molar-refractivity contribution >= 4 is 18.1 Å². The summed E-state index contributed by atoms with van der Waals surface area (Å²) in [4.78, 5) is 38.6. The second kappa shape index (κ2) is 9.07. The third kappa shape index (κ3) is 5.37. The van der Waals surface area contributed by atoms with Crippen LogP contribution in [0.15, 0.2) is 30.3 Å². The third-order valence-electron chi connectivity index (χ3n) is 4.28. The highest BCUT2D eigenvalue weighted by molar-refractivity contribution is 5.86. The van der Waals surface area contributed by atoms with Crippen molar-refractivity contribution in [3.05, 3.63) is 35.9 Å². The van der Waals surface area contributed by atoms with Crippen molar-refractivity contribution in [3.8, 4) is 0 Å². The average molecular weight is 363 g/mol. The molecule has 8 nitrogen and oxygen atoms in total. The van der Waals surface area contributed by atoms with E-state index in [4.69, 9.17) is 9.84 Å². The molecule has 8 heteroatoms. The Hall–Kier alpha value is -2.77. The molecular weight excluding hydrogens is 338 g/mol. The predicted octanol–water partition coefficient (Wildman–Crippen LogP) is 1.76. The first kappa shape index (κ1) is 19.6. The number of hydrogen-bond donors (Lipinski definition) is 2. The van der Waals surface area contributed by atoms with Crippen molar-refractivity contribution in [1.29, 1.82) is 0 Å². The molecule has 0 aromatic heterocycles. The Morgan fingerprint density at radius 1 is 1.08 bits per heavy atom.